The highest BCUT2D eigenvalue weighted by Gasteiger charge is 2.21. The first-order valence-electron chi connectivity index (χ1n) is 10.5. The predicted octanol–water partition coefficient (Wildman–Crippen LogP) is 4.07. The van der Waals surface area contributed by atoms with Crippen molar-refractivity contribution in [2.75, 3.05) is 13.2 Å². The molecule has 6 heteroatoms. The first kappa shape index (κ1) is 24.3. The van der Waals surface area contributed by atoms with Crippen molar-refractivity contribution in [1.29, 1.82) is 0 Å². The van der Waals surface area contributed by atoms with Crippen molar-refractivity contribution < 1.29 is 29.3 Å². The maximum absolute atomic E-state index is 12.3. The van der Waals surface area contributed by atoms with Crippen LogP contribution in [-0.4, -0.2) is 35.4 Å². The van der Waals surface area contributed by atoms with E-state index in [2.05, 4.69) is 13.5 Å². The van der Waals surface area contributed by atoms with E-state index in [9.17, 15) is 14.7 Å². The molecule has 2 aromatic carbocycles. The summed E-state index contributed by atoms with van der Waals surface area (Å²) < 4.78 is 10.9. The van der Waals surface area contributed by atoms with Gasteiger partial charge in [-0.25, -0.2) is 4.79 Å². The first-order chi connectivity index (χ1) is 14.9. The van der Waals surface area contributed by atoms with E-state index in [1.807, 2.05) is 24.3 Å². The number of rotatable bonds is 11. The van der Waals surface area contributed by atoms with Crippen molar-refractivity contribution in [1.82, 2.24) is 0 Å². The van der Waals surface area contributed by atoms with E-state index in [1.54, 1.807) is 25.1 Å². The molecule has 31 heavy (non-hydrogen) atoms. The Balaban J connectivity index is 2.43. The Morgan fingerprint density at radius 1 is 1.00 bits per heavy atom. The molecule has 2 N–H and O–H groups in total. The average Bonchev–Trinajstić information content (AvgIpc) is 2.78. The van der Waals surface area contributed by atoms with Crippen molar-refractivity contribution in [2.45, 2.75) is 39.5 Å². The van der Waals surface area contributed by atoms with Crippen LogP contribution in [0.1, 0.15) is 38.7 Å². The zero-order chi connectivity index (χ0) is 22.8. The summed E-state index contributed by atoms with van der Waals surface area (Å²) >= 11 is 0. The van der Waals surface area contributed by atoms with Crippen LogP contribution >= 0.6 is 0 Å². The largest absolute Gasteiger partial charge is 0.425 e. The second-order valence-electron chi connectivity index (χ2n) is 7.44. The van der Waals surface area contributed by atoms with E-state index in [-0.39, 0.29) is 23.7 Å². The minimum atomic E-state index is -0.771. The standard InChI is InChI=1S/C25H30O6/c1-4-5-6-8-19-11-13-20(14-12-19)23-21(30-24(28)17(2)15-26)9-7-10-22(23)31-25(29)18(3)16-27/h7,9-14,18,26-27H,2,4-6,8,15-16H2,1,3H3. The summed E-state index contributed by atoms with van der Waals surface area (Å²) in [5.74, 6) is -1.67. The molecule has 1 unspecified atom stereocenters. The van der Waals surface area contributed by atoms with Gasteiger partial charge in [0.05, 0.1) is 30.3 Å². The number of aliphatic hydroxyl groups is 2. The Bertz CT molecular complexity index is 901. The summed E-state index contributed by atoms with van der Waals surface area (Å²) in [5, 5.41) is 18.4. The van der Waals surface area contributed by atoms with Crippen molar-refractivity contribution in [2.24, 2.45) is 5.92 Å². The maximum atomic E-state index is 12.3. The number of ether oxygens (including phenoxy) is 2. The fourth-order valence-electron chi connectivity index (χ4n) is 2.90. The third-order valence-corrected chi connectivity index (χ3v) is 4.87. The Hall–Kier alpha value is -2.96. The molecule has 0 fully saturated rings. The summed E-state index contributed by atoms with van der Waals surface area (Å²) in [4.78, 5) is 24.5. The summed E-state index contributed by atoms with van der Waals surface area (Å²) in [6.45, 7) is 6.34. The van der Waals surface area contributed by atoms with E-state index in [0.717, 1.165) is 19.3 Å². The first-order valence-corrected chi connectivity index (χ1v) is 10.5. The third kappa shape index (κ3) is 6.77. The Kier molecular flexibility index (Phi) is 9.43. The van der Waals surface area contributed by atoms with Gasteiger partial charge in [-0.3, -0.25) is 4.79 Å². The molecule has 1 atom stereocenters. The predicted molar refractivity (Wildman–Crippen MR) is 119 cm³/mol. The fraction of sp³-hybridized carbons (Fsp3) is 0.360. The van der Waals surface area contributed by atoms with Gasteiger partial charge >= 0.3 is 11.9 Å². The zero-order valence-corrected chi connectivity index (χ0v) is 18.1. The molecular weight excluding hydrogens is 396 g/mol. The van der Waals surface area contributed by atoms with Crippen LogP contribution in [0, 0.1) is 5.92 Å². The molecule has 2 aromatic rings. The summed E-state index contributed by atoms with van der Waals surface area (Å²) in [5.41, 5.74) is 2.23. The highest BCUT2D eigenvalue weighted by molar-refractivity contribution is 5.92. The quantitative estimate of drug-likeness (QED) is 0.243. The van der Waals surface area contributed by atoms with Crippen LogP contribution in [-0.2, 0) is 16.0 Å². The van der Waals surface area contributed by atoms with E-state index in [0.29, 0.717) is 11.1 Å². The highest BCUT2D eigenvalue weighted by Crippen LogP contribution is 2.39. The molecule has 0 aliphatic heterocycles. The smallest absolute Gasteiger partial charge is 0.341 e. The van der Waals surface area contributed by atoms with Crippen LogP contribution in [0.25, 0.3) is 11.1 Å². The van der Waals surface area contributed by atoms with Gasteiger partial charge in [-0.05, 0) is 43.0 Å². The lowest BCUT2D eigenvalue weighted by Crippen LogP contribution is -2.21. The lowest BCUT2D eigenvalue weighted by molar-refractivity contribution is -0.139. The molecular formula is C25H30O6. The number of unbranched alkanes of at least 4 members (excludes halogenated alkanes) is 2. The number of carbonyl (C=O) groups is 2. The SMILES string of the molecule is C=C(CO)C(=O)Oc1cccc(OC(=O)C(C)CO)c1-c1ccc(CCCCC)cc1. The second kappa shape index (κ2) is 12.0. The van der Waals surface area contributed by atoms with Gasteiger partial charge in [-0.1, -0.05) is 56.7 Å². The van der Waals surface area contributed by atoms with Gasteiger partial charge in [-0.15, -0.1) is 0 Å². The third-order valence-electron chi connectivity index (χ3n) is 4.87. The van der Waals surface area contributed by atoms with E-state index in [4.69, 9.17) is 14.6 Å². The summed E-state index contributed by atoms with van der Waals surface area (Å²) in [7, 11) is 0. The number of benzene rings is 2. The number of aryl methyl sites for hydroxylation is 1. The van der Waals surface area contributed by atoms with Crippen molar-refractivity contribution in [3.05, 3.63) is 60.2 Å². The van der Waals surface area contributed by atoms with Crippen LogP contribution < -0.4 is 9.47 Å². The van der Waals surface area contributed by atoms with Gasteiger partial charge in [0.2, 0.25) is 0 Å². The van der Waals surface area contributed by atoms with Gasteiger partial charge < -0.3 is 19.7 Å². The molecule has 2 rings (SSSR count). The summed E-state index contributed by atoms with van der Waals surface area (Å²) in [6.07, 6.45) is 4.39. The highest BCUT2D eigenvalue weighted by atomic mass is 16.5. The molecule has 6 nitrogen and oxygen atoms in total. The zero-order valence-electron chi connectivity index (χ0n) is 18.1. The lowest BCUT2D eigenvalue weighted by atomic mass is 9.99. The monoisotopic (exact) mass is 426 g/mol. The van der Waals surface area contributed by atoms with Crippen LogP contribution in [0.3, 0.4) is 0 Å². The van der Waals surface area contributed by atoms with Crippen LogP contribution in [0.2, 0.25) is 0 Å². The topological polar surface area (TPSA) is 93.1 Å². The van der Waals surface area contributed by atoms with Crippen molar-refractivity contribution in [3.63, 3.8) is 0 Å². The number of hydrogen-bond donors (Lipinski definition) is 2. The number of hydrogen-bond acceptors (Lipinski definition) is 6. The Morgan fingerprint density at radius 2 is 1.65 bits per heavy atom. The minimum Gasteiger partial charge on any atom is -0.425 e. The molecule has 0 aromatic heterocycles. The van der Waals surface area contributed by atoms with Gasteiger partial charge in [0.25, 0.3) is 0 Å². The molecule has 0 heterocycles. The minimum absolute atomic E-state index is 0.0893. The van der Waals surface area contributed by atoms with Crippen molar-refractivity contribution >= 4 is 11.9 Å². The molecule has 0 aliphatic rings. The van der Waals surface area contributed by atoms with Crippen LogP contribution in [0.4, 0.5) is 0 Å². The van der Waals surface area contributed by atoms with Gasteiger partial charge in [0, 0.05) is 0 Å². The molecule has 0 spiro atoms. The molecule has 0 radical (unpaired) electrons. The fourth-order valence-corrected chi connectivity index (χ4v) is 2.90. The van der Waals surface area contributed by atoms with Crippen LogP contribution in [0.15, 0.2) is 54.6 Å². The number of carbonyl (C=O) groups excluding carboxylic acids is 2. The maximum Gasteiger partial charge on any atom is 0.341 e. The summed E-state index contributed by atoms with van der Waals surface area (Å²) in [6, 6.07) is 12.6. The van der Waals surface area contributed by atoms with Crippen LogP contribution in [0.5, 0.6) is 11.5 Å². The van der Waals surface area contributed by atoms with E-state index < -0.39 is 24.5 Å². The Morgan fingerprint density at radius 3 is 2.23 bits per heavy atom. The van der Waals surface area contributed by atoms with Gasteiger partial charge in [0.15, 0.2) is 0 Å². The Labute approximate surface area is 183 Å². The molecule has 0 saturated heterocycles. The average molecular weight is 427 g/mol. The molecule has 0 saturated carbocycles. The second-order valence-corrected chi connectivity index (χ2v) is 7.44. The lowest BCUT2D eigenvalue weighted by Gasteiger charge is -2.17. The normalized spacial score (nSPS) is 11.6. The van der Waals surface area contributed by atoms with E-state index >= 15 is 0 Å². The number of esters is 2. The molecule has 0 bridgehead atoms. The molecule has 166 valence electrons. The van der Waals surface area contributed by atoms with Gasteiger partial charge in [-0.2, -0.15) is 0 Å². The molecule has 0 aliphatic carbocycles. The van der Waals surface area contributed by atoms with Crippen molar-refractivity contribution in [3.8, 4) is 22.6 Å². The molecule has 0 amide bonds. The van der Waals surface area contributed by atoms with E-state index in [1.165, 1.54) is 12.0 Å². The number of aliphatic hydroxyl groups excluding tert-OH is 2. The van der Waals surface area contributed by atoms with Gasteiger partial charge in [0.1, 0.15) is 11.5 Å².